The molecular formula is C22H28N2O4. The molecule has 0 heterocycles. The van der Waals surface area contributed by atoms with Crippen molar-refractivity contribution >= 4 is 12.6 Å². The van der Waals surface area contributed by atoms with Gasteiger partial charge in [0.1, 0.15) is 25.0 Å². The highest BCUT2D eigenvalue weighted by atomic mass is 16.5. The Balaban J connectivity index is 1.99. The number of aldehydes is 2. The Morgan fingerprint density at radius 2 is 1.07 bits per heavy atom. The summed E-state index contributed by atoms with van der Waals surface area (Å²) < 4.78 is 11.0. The van der Waals surface area contributed by atoms with Crippen LogP contribution in [0.1, 0.15) is 11.1 Å². The van der Waals surface area contributed by atoms with Gasteiger partial charge < -0.3 is 19.1 Å². The second-order valence-corrected chi connectivity index (χ2v) is 6.51. The Kier molecular flexibility index (Phi) is 9.51. The zero-order chi connectivity index (χ0) is 20.2. The van der Waals surface area contributed by atoms with Crippen molar-refractivity contribution < 1.29 is 19.1 Å². The van der Waals surface area contributed by atoms with Crippen molar-refractivity contribution in [3.63, 3.8) is 0 Å². The Hall–Kier alpha value is -2.38. The molecule has 0 saturated carbocycles. The van der Waals surface area contributed by atoms with Gasteiger partial charge in [-0.3, -0.25) is 10.6 Å². The van der Waals surface area contributed by atoms with E-state index in [1.807, 2.05) is 60.7 Å². The maximum atomic E-state index is 11.6. The van der Waals surface area contributed by atoms with Crippen LogP contribution in [0.25, 0.3) is 0 Å². The minimum Gasteiger partial charge on any atom is -0.362 e. The molecule has 0 aliphatic heterocycles. The molecule has 2 aromatic carbocycles. The van der Waals surface area contributed by atoms with E-state index in [0.717, 1.165) is 23.7 Å². The topological polar surface area (TPSA) is 76.7 Å². The lowest BCUT2D eigenvalue weighted by atomic mass is 10.1. The maximum Gasteiger partial charge on any atom is 0.148 e. The molecule has 2 N–H and O–H groups in total. The smallest absolute Gasteiger partial charge is 0.148 e. The summed E-state index contributed by atoms with van der Waals surface area (Å²) in [7, 11) is 3.06. The van der Waals surface area contributed by atoms with Crippen LogP contribution in [0.2, 0.25) is 0 Å². The van der Waals surface area contributed by atoms with Crippen molar-refractivity contribution in [1.82, 2.24) is 10.6 Å². The minimum atomic E-state index is -0.609. The standard InChI is InChI=1S/C22H28N2O4/c1-27-21(23-19(15-25)13-17-9-5-3-6-10-17)22(28-2)24-20(16-26)14-18-11-7-4-8-12-18/h3-12,15-16,19-24H,13-14H2,1-2H3/t19-,20-,21?,22?/m0/s1. The van der Waals surface area contributed by atoms with E-state index < -0.39 is 24.5 Å². The van der Waals surface area contributed by atoms with E-state index in [9.17, 15) is 9.59 Å². The molecule has 0 bridgehead atoms. The first-order valence-corrected chi connectivity index (χ1v) is 9.26. The summed E-state index contributed by atoms with van der Waals surface area (Å²) >= 11 is 0. The van der Waals surface area contributed by atoms with E-state index in [2.05, 4.69) is 10.6 Å². The number of hydrogen-bond donors (Lipinski definition) is 2. The third-order valence-corrected chi connectivity index (χ3v) is 4.46. The molecule has 4 atom stereocenters. The van der Waals surface area contributed by atoms with Crippen molar-refractivity contribution in [3.8, 4) is 0 Å². The number of nitrogens with one attached hydrogen (secondary N) is 2. The Bertz CT molecular complexity index is 635. The molecule has 0 aliphatic rings. The van der Waals surface area contributed by atoms with Crippen molar-refractivity contribution in [3.05, 3.63) is 71.8 Å². The molecule has 28 heavy (non-hydrogen) atoms. The molecule has 2 aromatic rings. The van der Waals surface area contributed by atoms with Crippen LogP contribution in [0.5, 0.6) is 0 Å². The van der Waals surface area contributed by atoms with Gasteiger partial charge in [-0.1, -0.05) is 60.7 Å². The fraction of sp³-hybridized carbons (Fsp3) is 0.364. The second kappa shape index (κ2) is 12.2. The molecule has 150 valence electrons. The molecule has 0 saturated heterocycles. The fourth-order valence-electron chi connectivity index (χ4n) is 3.01. The zero-order valence-electron chi connectivity index (χ0n) is 16.3. The number of ether oxygens (including phenoxy) is 2. The molecule has 0 aromatic heterocycles. The largest absolute Gasteiger partial charge is 0.362 e. The van der Waals surface area contributed by atoms with Gasteiger partial charge in [0.15, 0.2) is 0 Å². The molecule has 2 unspecified atom stereocenters. The van der Waals surface area contributed by atoms with Gasteiger partial charge in [-0.2, -0.15) is 0 Å². The number of hydrogen-bond acceptors (Lipinski definition) is 6. The lowest BCUT2D eigenvalue weighted by molar-refractivity contribution is -0.117. The highest BCUT2D eigenvalue weighted by Crippen LogP contribution is 2.07. The molecule has 2 rings (SSSR count). The number of methoxy groups -OCH3 is 2. The normalized spacial score (nSPS) is 15.4. The van der Waals surface area contributed by atoms with Gasteiger partial charge in [-0.15, -0.1) is 0 Å². The van der Waals surface area contributed by atoms with Crippen LogP contribution in [-0.4, -0.2) is 51.3 Å². The zero-order valence-corrected chi connectivity index (χ0v) is 16.3. The summed E-state index contributed by atoms with van der Waals surface area (Å²) in [5.74, 6) is 0. The third kappa shape index (κ3) is 6.98. The lowest BCUT2D eigenvalue weighted by Crippen LogP contribution is -2.56. The maximum absolute atomic E-state index is 11.6. The van der Waals surface area contributed by atoms with E-state index in [4.69, 9.17) is 9.47 Å². The predicted molar refractivity (Wildman–Crippen MR) is 108 cm³/mol. The predicted octanol–water partition coefficient (Wildman–Crippen LogP) is 1.73. The summed E-state index contributed by atoms with van der Waals surface area (Å²) in [5, 5.41) is 6.31. The van der Waals surface area contributed by atoms with Crippen molar-refractivity contribution in [1.29, 1.82) is 0 Å². The van der Waals surface area contributed by atoms with Crippen LogP contribution < -0.4 is 10.6 Å². The molecule has 0 fully saturated rings. The van der Waals surface area contributed by atoms with Gasteiger partial charge in [0, 0.05) is 14.2 Å². The number of carbonyl (C=O) groups excluding carboxylic acids is 2. The quantitative estimate of drug-likeness (QED) is 0.405. The van der Waals surface area contributed by atoms with E-state index in [-0.39, 0.29) is 0 Å². The van der Waals surface area contributed by atoms with Gasteiger partial charge in [-0.05, 0) is 24.0 Å². The fourth-order valence-corrected chi connectivity index (χ4v) is 3.01. The van der Waals surface area contributed by atoms with Gasteiger partial charge in [-0.25, -0.2) is 0 Å². The molecule has 6 heteroatoms. The summed E-state index contributed by atoms with van der Waals surface area (Å²) in [4.78, 5) is 23.1. The summed E-state index contributed by atoms with van der Waals surface area (Å²) in [6.07, 6.45) is 1.55. The van der Waals surface area contributed by atoms with Gasteiger partial charge in [0.2, 0.25) is 0 Å². The van der Waals surface area contributed by atoms with Crippen LogP contribution in [0.15, 0.2) is 60.7 Å². The van der Waals surface area contributed by atoms with E-state index in [1.165, 1.54) is 14.2 Å². The van der Waals surface area contributed by atoms with Gasteiger partial charge in [0.25, 0.3) is 0 Å². The van der Waals surface area contributed by atoms with Crippen LogP contribution in [0.3, 0.4) is 0 Å². The first kappa shape index (κ1) is 21.9. The Morgan fingerprint density at radius 1 is 0.714 bits per heavy atom. The second-order valence-electron chi connectivity index (χ2n) is 6.51. The first-order chi connectivity index (χ1) is 13.7. The first-order valence-electron chi connectivity index (χ1n) is 9.26. The highest BCUT2D eigenvalue weighted by molar-refractivity contribution is 5.59. The summed E-state index contributed by atoms with van der Waals surface area (Å²) in [6, 6.07) is 18.6. The highest BCUT2D eigenvalue weighted by Gasteiger charge is 2.26. The van der Waals surface area contributed by atoms with Gasteiger partial charge in [0.05, 0.1) is 12.1 Å². The average Bonchev–Trinajstić information content (AvgIpc) is 2.75. The van der Waals surface area contributed by atoms with E-state index in [1.54, 1.807) is 0 Å². The number of carbonyl (C=O) groups is 2. The molecule has 0 amide bonds. The van der Waals surface area contributed by atoms with Crippen LogP contribution in [-0.2, 0) is 31.9 Å². The van der Waals surface area contributed by atoms with Crippen LogP contribution in [0.4, 0.5) is 0 Å². The molecule has 0 aliphatic carbocycles. The van der Waals surface area contributed by atoms with Crippen molar-refractivity contribution in [2.24, 2.45) is 0 Å². The monoisotopic (exact) mass is 384 g/mol. The lowest BCUT2D eigenvalue weighted by Gasteiger charge is -2.30. The van der Waals surface area contributed by atoms with Crippen LogP contribution >= 0.6 is 0 Å². The van der Waals surface area contributed by atoms with Crippen molar-refractivity contribution in [2.75, 3.05) is 14.2 Å². The van der Waals surface area contributed by atoms with Crippen molar-refractivity contribution in [2.45, 2.75) is 37.4 Å². The molecular weight excluding hydrogens is 356 g/mol. The minimum absolute atomic E-state index is 0.449. The molecule has 0 radical (unpaired) electrons. The summed E-state index contributed by atoms with van der Waals surface area (Å²) in [6.45, 7) is 0. The molecule has 0 spiro atoms. The number of rotatable bonds is 13. The Labute approximate surface area is 166 Å². The SMILES string of the molecule is COC(N[C@H](C=O)Cc1ccccc1)C(N[C@H](C=O)Cc1ccccc1)OC. The van der Waals surface area contributed by atoms with Crippen LogP contribution in [0, 0.1) is 0 Å². The van der Waals surface area contributed by atoms with Gasteiger partial charge >= 0.3 is 0 Å². The van der Waals surface area contributed by atoms with E-state index >= 15 is 0 Å². The molecule has 6 nitrogen and oxygen atoms in total. The van der Waals surface area contributed by atoms with E-state index in [0.29, 0.717) is 12.8 Å². The Morgan fingerprint density at radius 3 is 1.36 bits per heavy atom. The number of benzene rings is 2. The summed E-state index contributed by atoms with van der Waals surface area (Å²) in [5.41, 5.74) is 2.08. The third-order valence-electron chi connectivity index (χ3n) is 4.46. The average molecular weight is 384 g/mol.